The van der Waals surface area contributed by atoms with Gasteiger partial charge in [0.1, 0.15) is 5.01 Å². The third kappa shape index (κ3) is 4.49. The molecule has 138 valence electrons. The first-order valence-corrected chi connectivity index (χ1v) is 10.2. The Morgan fingerprint density at radius 1 is 1.00 bits per heavy atom. The average molecular weight is 451 g/mol. The Labute approximate surface area is 174 Å². The van der Waals surface area contributed by atoms with Gasteiger partial charge in [0.15, 0.2) is 5.82 Å². The Hall–Kier alpha value is -2.90. The lowest BCUT2D eigenvalue weighted by molar-refractivity contribution is -0.115. The molecule has 4 aromatic rings. The first-order chi connectivity index (χ1) is 13.7. The van der Waals surface area contributed by atoms with E-state index < -0.39 is 0 Å². The molecule has 2 aromatic carbocycles. The van der Waals surface area contributed by atoms with Crippen LogP contribution in [0, 0.1) is 0 Å². The number of carbonyl (C=O) groups is 1. The van der Waals surface area contributed by atoms with E-state index in [0.717, 1.165) is 26.3 Å². The Bertz CT molecular complexity index is 1100. The van der Waals surface area contributed by atoms with Crippen LogP contribution in [0.5, 0.6) is 0 Å². The van der Waals surface area contributed by atoms with Gasteiger partial charge in [-0.15, -0.1) is 11.3 Å². The molecule has 0 aliphatic carbocycles. The van der Waals surface area contributed by atoms with Crippen LogP contribution in [-0.2, 0) is 11.2 Å². The van der Waals surface area contributed by atoms with Gasteiger partial charge < -0.3 is 5.32 Å². The van der Waals surface area contributed by atoms with Crippen LogP contribution in [0.1, 0.15) is 5.69 Å². The fourth-order valence-electron chi connectivity index (χ4n) is 2.64. The molecule has 0 bridgehead atoms. The number of nitrogens with one attached hydrogen (secondary N) is 1. The largest absolute Gasteiger partial charge is 0.323 e. The van der Waals surface area contributed by atoms with Crippen LogP contribution in [0.25, 0.3) is 22.0 Å². The molecule has 0 aliphatic heterocycles. The number of rotatable bonds is 5. The molecule has 0 fully saturated rings. The fourth-order valence-corrected chi connectivity index (χ4v) is 3.86. The number of hydrogen-bond acceptors (Lipinski definition) is 5. The van der Waals surface area contributed by atoms with Crippen molar-refractivity contribution in [3.63, 3.8) is 0 Å². The zero-order valence-corrected chi connectivity index (χ0v) is 17.1. The molecule has 2 heterocycles. The zero-order chi connectivity index (χ0) is 19.3. The van der Waals surface area contributed by atoms with Crippen molar-refractivity contribution in [2.75, 3.05) is 5.32 Å². The molecule has 0 radical (unpaired) electrons. The maximum absolute atomic E-state index is 12.3. The third-order valence-electron chi connectivity index (χ3n) is 3.93. The first kappa shape index (κ1) is 18.5. The van der Waals surface area contributed by atoms with Gasteiger partial charge >= 0.3 is 0 Å². The third-order valence-corrected chi connectivity index (χ3v) is 5.37. The van der Waals surface area contributed by atoms with Crippen LogP contribution >= 0.6 is 27.3 Å². The van der Waals surface area contributed by atoms with Crippen LogP contribution in [0.3, 0.4) is 0 Å². The van der Waals surface area contributed by atoms with Crippen LogP contribution < -0.4 is 5.32 Å². The Balaban J connectivity index is 1.39. The van der Waals surface area contributed by atoms with Gasteiger partial charge in [-0.3, -0.25) is 4.79 Å². The summed E-state index contributed by atoms with van der Waals surface area (Å²) < 4.78 is 0.999. The molecular weight excluding hydrogens is 436 g/mol. The lowest BCUT2D eigenvalue weighted by Gasteiger charge is -2.04. The van der Waals surface area contributed by atoms with Crippen molar-refractivity contribution in [1.82, 2.24) is 15.0 Å². The van der Waals surface area contributed by atoms with Crippen molar-refractivity contribution in [3.05, 3.63) is 82.5 Å². The molecule has 2 aromatic heterocycles. The fraction of sp³-hybridized carbons (Fsp3) is 0.0476. The molecule has 0 saturated carbocycles. The number of amides is 1. The second-order valence-corrected chi connectivity index (χ2v) is 7.81. The summed E-state index contributed by atoms with van der Waals surface area (Å²) in [5, 5.41) is 5.62. The highest BCUT2D eigenvalue weighted by Crippen LogP contribution is 2.26. The summed E-state index contributed by atoms with van der Waals surface area (Å²) >= 11 is 4.99. The Morgan fingerprint density at radius 2 is 1.75 bits per heavy atom. The lowest BCUT2D eigenvalue weighted by atomic mass is 10.2. The van der Waals surface area contributed by atoms with Gasteiger partial charge in [-0.2, -0.15) is 0 Å². The minimum Gasteiger partial charge on any atom is -0.323 e. The maximum atomic E-state index is 12.3. The summed E-state index contributed by atoms with van der Waals surface area (Å²) in [6, 6.07) is 17.6. The van der Waals surface area contributed by atoms with E-state index in [0.29, 0.717) is 11.5 Å². The number of hydrogen-bond donors (Lipinski definition) is 1. The van der Waals surface area contributed by atoms with Crippen molar-refractivity contribution in [3.8, 4) is 22.0 Å². The van der Waals surface area contributed by atoms with Gasteiger partial charge in [0, 0.05) is 21.0 Å². The molecule has 0 aliphatic rings. The van der Waals surface area contributed by atoms with E-state index >= 15 is 0 Å². The molecule has 0 unspecified atom stereocenters. The minimum absolute atomic E-state index is 0.151. The minimum atomic E-state index is -0.151. The summed E-state index contributed by atoms with van der Waals surface area (Å²) in [4.78, 5) is 25.5. The lowest BCUT2D eigenvalue weighted by Crippen LogP contribution is -2.15. The van der Waals surface area contributed by atoms with Crippen LogP contribution in [-0.4, -0.2) is 20.9 Å². The quantitative estimate of drug-likeness (QED) is 0.452. The van der Waals surface area contributed by atoms with Crippen LogP contribution in [0.15, 0.2) is 76.8 Å². The van der Waals surface area contributed by atoms with Gasteiger partial charge in [-0.05, 0) is 12.1 Å². The second-order valence-electron chi connectivity index (χ2n) is 6.04. The molecule has 1 amide bonds. The van der Waals surface area contributed by atoms with Crippen LogP contribution in [0.2, 0.25) is 0 Å². The van der Waals surface area contributed by atoms with Gasteiger partial charge in [-0.1, -0.05) is 58.4 Å². The van der Waals surface area contributed by atoms with Gasteiger partial charge in [-0.25, -0.2) is 15.0 Å². The number of benzene rings is 2. The van der Waals surface area contributed by atoms with Crippen molar-refractivity contribution in [2.24, 2.45) is 0 Å². The molecule has 0 saturated heterocycles. The normalized spacial score (nSPS) is 10.6. The SMILES string of the molecule is O=C(Cc1csc(-c2cccc(Br)c2)n1)Nc1cnc(-c2ccccc2)nc1. The van der Waals surface area contributed by atoms with Gasteiger partial charge in [0.2, 0.25) is 5.91 Å². The zero-order valence-electron chi connectivity index (χ0n) is 14.7. The molecule has 4 rings (SSSR count). The highest BCUT2D eigenvalue weighted by Gasteiger charge is 2.10. The smallest absolute Gasteiger partial charge is 0.230 e. The van der Waals surface area contributed by atoms with Crippen molar-refractivity contribution < 1.29 is 4.79 Å². The number of thiazole rings is 1. The summed E-state index contributed by atoms with van der Waals surface area (Å²) in [7, 11) is 0. The van der Waals surface area contributed by atoms with Crippen LogP contribution in [0.4, 0.5) is 5.69 Å². The molecule has 7 heteroatoms. The van der Waals surface area contributed by atoms with Gasteiger partial charge in [0.05, 0.1) is 30.2 Å². The van der Waals surface area contributed by atoms with Crippen molar-refractivity contribution >= 4 is 38.9 Å². The van der Waals surface area contributed by atoms with Crippen molar-refractivity contribution in [1.29, 1.82) is 0 Å². The standard InChI is InChI=1S/C21H15BrN4OS/c22-16-8-4-7-15(9-16)21-26-17(13-28-21)10-19(27)25-18-11-23-20(24-12-18)14-5-2-1-3-6-14/h1-9,11-13H,10H2,(H,25,27). The van der Waals surface area contributed by atoms with E-state index in [1.807, 2.05) is 60.0 Å². The molecule has 1 N–H and O–H groups in total. The number of aromatic nitrogens is 3. The predicted molar refractivity (Wildman–Crippen MR) is 115 cm³/mol. The Morgan fingerprint density at radius 3 is 2.50 bits per heavy atom. The number of nitrogens with zero attached hydrogens (tertiary/aromatic N) is 3. The summed E-state index contributed by atoms with van der Waals surface area (Å²) in [5.74, 6) is 0.471. The molecule has 28 heavy (non-hydrogen) atoms. The highest BCUT2D eigenvalue weighted by atomic mass is 79.9. The summed E-state index contributed by atoms with van der Waals surface area (Å²) in [6.07, 6.45) is 3.42. The first-order valence-electron chi connectivity index (χ1n) is 8.55. The average Bonchev–Trinajstić information content (AvgIpc) is 3.17. The Kier molecular flexibility index (Phi) is 5.55. The van der Waals surface area contributed by atoms with E-state index in [1.54, 1.807) is 12.4 Å². The van der Waals surface area contributed by atoms with E-state index in [1.165, 1.54) is 11.3 Å². The van der Waals surface area contributed by atoms with E-state index in [-0.39, 0.29) is 12.3 Å². The highest BCUT2D eigenvalue weighted by molar-refractivity contribution is 9.10. The number of anilines is 1. The number of halogens is 1. The second kappa shape index (κ2) is 8.41. The number of carbonyl (C=O) groups excluding carboxylic acids is 1. The maximum Gasteiger partial charge on any atom is 0.230 e. The van der Waals surface area contributed by atoms with Gasteiger partial charge in [0.25, 0.3) is 0 Å². The molecule has 0 atom stereocenters. The summed E-state index contributed by atoms with van der Waals surface area (Å²) in [6.45, 7) is 0. The topological polar surface area (TPSA) is 67.8 Å². The molecule has 0 spiro atoms. The summed E-state index contributed by atoms with van der Waals surface area (Å²) in [5.41, 5.74) is 3.25. The monoisotopic (exact) mass is 450 g/mol. The van der Waals surface area contributed by atoms with E-state index in [4.69, 9.17) is 0 Å². The van der Waals surface area contributed by atoms with Crippen molar-refractivity contribution in [2.45, 2.75) is 6.42 Å². The molecular formula is C21H15BrN4OS. The predicted octanol–water partition coefficient (Wildman–Crippen LogP) is 5.21. The van der Waals surface area contributed by atoms with E-state index in [9.17, 15) is 4.79 Å². The molecule has 5 nitrogen and oxygen atoms in total. The van der Waals surface area contributed by atoms with E-state index in [2.05, 4.69) is 36.2 Å².